The van der Waals surface area contributed by atoms with Gasteiger partial charge in [0.2, 0.25) is 0 Å². The van der Waals surface area contributed by atoms with Gasteiger partial charge in [0.1, 0.15) is 11.5 Å². The van der Waals surface area contributed by atoms with Gasteiger partial charge in [-0.15, -0.1) is 0 Å². The molecule has 29 heavy (non-hydrogen) atoms. The highest BCUT2D eigenvalue weighted by molar-refractivity contribution is 6.03. The molecule has 0 bridgehead atoms. The first-order valence-electron chi connectivity index (χ1n) is 9.13. The zero-order chi connectivity index (χ0) is 20.2. The van der Waals surface area contributed by atoms with Crippen molar-refractivity contribution in [2.24, 2.45) is 0 Å². The average molecular weight is 391 g/mol. The quantitative estimate of drug-likeness (QED) is 0.634. The standard InChI is InChI=1S/C21H18FN5O2/c22-17-6-1-13(11-23)9-16(17)18-10-19(27-26-18)21(28)25-15-4-2-14(3-5-15)20-12-24-7-8-29-20/h1-6,9-10,20,24H,7-8,12H2,(H,25,28)(H,26,27)/t20-/m1/s1. The van der Waals surface area contributed by atoms with Gasteiger partial charge in [-0.3, -0.25) is 9.89 Å². The number of aromatic amines is 1. The monoisotopic (exact) mass is 391 g/mol. The van der Waals surface area contributed by atoms with Crippen LogP contribution in [0.1, 0.15) is 27.7 Å². The molecular formula is C21H18FN5O2. The van der Waals surface area contributed by atoms with Crippen LogP contribution >= 0.6 is 0 Å². The predicted molar refractivity (Wildman–Crippen MR) is 105 cm³/mol. The molecule has 0 saturated carbocycles. The number of benzene rings is 2. The van der Waals surface area contributed by atoms with Crippen LogP contribution in [0.5, 0.6) is 0 Å². The summed E-state index contributed by atoms with van der Waals surface area (Å²) in [6.45, 7) is 2.27. The van der Waals surface area contributed by atoms with Crippen LogP contribution in [0, 0.1) is 17.1 Å². The fourth-order valence-electron chi connectivity index (χ4n) is 3.13. The van der Waals surface area contributed by atoms with Crippen molar-refractivity contribution < 1.29 is 13.9 Å². The molecule has 146 valence electrons. The summed E-state index contributed by atoms with van der Waals surface area (Å²) < 4.78 is 19.8. The zero-order valence-corrected chi connectivity index (χ0v) is 15.4. The Kier molecular flexibility index (Phi) is 5.33. The maximum atomic E-state index is 14.1. The molecule has 0 aliphatic carbocycles. The van der Waals surface area contributed by atoms with E-state index in [0.717, 1.165) is 18.7 Å². The van der Waals surface area contributed by atoms with Gasteiger partial charge in [-0.05, 0) is 42.0 Å². The molecule has 7 nitrogen and oxygen atoms in total. The molecule has 3 aromatic rings. The third-order valence-electron chi connectivity index (χ3n) is 4.66. The summed E-state index contributed by atoms with van der Waals surface area (Å²) >= 11 is 0. The van der Waals surface area contributed by atoms with E-state index in [1.165, 1.54) is 24.3 Å². The number of nitrogens with zero attached hydrogens (tertiary/aromatic N) is 2. The van der Waals surface area contributed by atoms with E-state index in [2.05, 4.69) is 20.8 Å². The fourth-order valence-corrected chi connectivity index (χ4v) is 3.13. The molecule has 1 atom stereocenters. The van der Waals surface area contributed by atoms with Gasteiger partial charge in [0.25, 0.3) is 5.91 Å². The Morgan fingerprint density at radius 3 is 2.79 bits per heavy atom. The van der Waals surface area contributed by atoms with Crippen molar-refractivity contribution >= 4 is 11.6 Å². The largest absolute Gasteiger partial charge is 0.371 e. The van der Waals surface area contributed by atoms with E-state index in [9.17, 15) is 9.18 Å². The lowest BCUT2D eigenvalue weighted by Crippen LogP contribution is -2.33. The number of carbonyl (C=O) groups excluding carboxylic acids is 1. The van der Waals surface area contributed by atoms with Crippen molar-refractivity contribution in [3.8, 4) is 17.3 Å². The molecule has 0 radical (unpaired) electrons. The molecule has 3 N–H and O–H groups in total. The first-order chi connectivity index (χ1) is 14.1. The second kappa shape index (κ2) is 8.22. The summed E-state index contributed by atoms with van der Waals surface area (Å²) in [5, 5.41) is 21.7. The van der Waals surface area contributed by atoms with E-state index in [4.69, 9.17) is 10.00 Å². The molecule has 1 aliphatic rings. The lowest BCUT2D eigenvalue weighted by molar-refractivity contribution is 0.0277. The number of amides is 1. The van der Waals surface area contributed by atoms with Crippen molar-refractivity contribution in [1.29, 1.82) is 5.26 Å². The number of nitrogens with one attached hydrogen (secondary N) is 3. The first-order valence-corrected chi connectivity index (χ1v) is 9.13. The number of nitriles is 1. The number of rotatable bonds is 4. The number of carbonyl (C=O) groups is 1. The van der Waals surface area contributed by atoms with Gasteiger partial charge in [0, 0.05) is 24.3 Å². The van der Waals surface area contributed by atoms with Gasteiger partial charge in [-0.1, -0.05) is 12.1 Å². The number of morpholine rings is 1. The van der Waals surface area contributed by atoms with Crippen LogP contribution in [-0.2, 0) is 4.74 Å². The topological polar surface area (TPSA) is 103 Å². The van der Waals surface area contributed by atoms with Gasteiger partial charge in [-0.2, -0.15) is 10.4 Å². The average Bonchev–Trinajstić information content (AvgIpc) is 3.25. The highest BCUT2D eigenvalue weighted by Crippen LogP contribution is 2.24. The number of halogens is 1. The molecule has 4 rings (SSSR count). The Morgan fingerprint density at radius 1 is 1.24 bits per heavy atom. The maximum Gasteiger partial charge on any atom is 0.273 e. The minimum atomic E-state index is -0.516. The SMILES string of the molecule is N#Cc1ccc(F)c(-c2cc(C(=O)Nc3ccc([C@H]4CNCCO4)cc3)[nH]n2)c1. The van der Waals surface area contributed by atoms with Crippen LogP contribution in [0.3, 0.4) is 0 Å². The Bertz CT molecular complexity index is 1070. The highest BCUT2D eigenvalue weighted by atomic mass is 19.1. The van der Waals surface area contributed by atoms with Gasteiger partial charge >= 0.3 is 0 Å². The molecule has 2 heterocycles. The maximum absolute atomic E-state index is 14.1. The van der Waals surface area contributed by atoms with Crippen LogP contribution in [0.4, 0.5) is 10.1 Å². The van der Waals surface area contributed by atoms with E-state index in [1.807, 2.05) is 18.2 Å². The van der Waals surface area contributed by atoms with E-state index in [-0.39, 0.29) is 23.1 Å². The van der Waals surface area contributed by atoms with E-state index in [0.29, 0.717) is 17.9 Å². The van der Waals surface area contributed by atoms with Crippen LogP contribution in [0.15, 0.2) is 48.5 Å². The van der Waals surface area contributed by atoms with E-state index >= 15 is 0 Å². The number of aromatic nitrogens is 2. The van der Waals surface area contributed by atoms with Crippen molar-refractivity contribution in [2.45, 2.75) is 6.10 Å². The van der Waals surface area contributed by atoms with Crippen LogP contribution in [-0.4, -0.2) is 35.8 Å². The predicted octanol–water partition coefficient (Wildman–Crippen LogP) is 3.00. The molecule has 0 unspecified atom stereocenters. The van der Waals surface area contributed by atoms with Crippen LogP contribution < -0.4 is 10.6 Å². The van der Waals surface area contributed by atoms with E-state index < -0.39 is 11.7 Å². The zero-order valence-electron chi connectivity index (χ0n) is 15.4. The first kappa shape index (κ1) is 18.8. The van der Waals surface area contributed by atoms with Crippen molar-refractivity contribution in [1.82, 2.24) is 15.5 Å². The van der Waals surface area contributed by atoms with E-state index in [1.54, 1.807) is 12.1 Å². The summed E-state index contributed by atoms with van der Waals surface area (Å²) in [5.41, 5.74) is 2.56. The molecule has 1 aliphatic heterocycles. The lowest BCUT2D eigenvalue weighted by atomic mass is 10.1. The second-order valence-corrected chi connectivity index (χ2v) is 6.61. The summed E-state index contributed by atoms with van der Waals surface area (Å²) in [5.74, 6) is -0.915. The molecule has 1 saturated heterocycles. The summed E-state index contributed by atoms with van der Waals surface area (Å²) in [6.07, 6.45) is 0.00253. The minimum absolute atomic E-state index is 0.00253. The number of H-pyrrole nitrogens is 1. The molecule has 1 amide bonds. The Morgan fingerprint density at radius 2 is 2.07 bits per heavy atom. The van der Waals surface area contributed by atoms with Gasteiger partial charge < -0.3 is 15.4 Å². The number of hydrogen-bond donors (Lipinski definition) is 3. The summed E-state index contributed by atoms with van der Waals surface area (Å²) in [7, 11) is 0. The Hall–Kier alpha value is -3.54. The van der Waals surface area contributed by atoms with Gasteiger partial charge in [-0.25, -0.2) is 4.39 Å². The van der Waals surface area contributed by atoms with Crippen molar-refractivity contribution in [3.05, 3.63) is 71.2 Å². The fraction of sp³-hybridized carbons (Fsp3) is 0.190. The highest BCUT2D eigenvalue weighted by Gasteiger charge is 2.17. The van der Waals surface area contributed by atoms with Gasteiger partial charge in [0.15, 0.2) is 0 Å². The number of anilines is 1. The lowest BCUT2D eigenvalue weighted by Gasteiger charge is -2.24. The summed E-state index contributed by atoms with van der Waals surface area (Å²) in [6, 6.07) is 14.8. The summed E-state index contributed by atoms with van der Waals surface area (Å²) in [4.78, 5) is 12.5. The minimum Gasteiger partial charge on any atom is -0.371 e. The molecule has 1 fully saturated rings. The third-order valence-corrected chi connectivity index (χ3v) is 4.66. The van der Waals surface area contributed by atoms with Crippen molar-refractivity contribution in [2.75, 3.05) is 25.0 Å². The second-order valence-electron chi connectivity index (χ2n) is 6.61. The number of ether oxygens (including phenoxy) is 1. The van der Waals surface area contributed by atoms with Crippen LogP contribution in [0.25, 0.3) is 11.3 Å². The molecule has 1 aromatic heterocycles. The van der Waals surface area contributed by atoms with Gasteiger partial charge in [0.05, 0.1) is 30.0 Å². The molecular weight excluding hydrogens is 373 g/mol. The Balaban J connectivity index is 1.46. The third kappa shape index (κ3) is 4.16. The molecule has 0 spiro atoms. The number of hydrogen-bond acceptors (Lipinski definition) is 5. The normalized spacial score (nSPS) is 16.2. The van der Waals surface area contributed by atoms with Crippen molar-refractivity contribution in [3.63, 3.8) is 0 Å². The van der Waals surface area contributed by atoms with Crippen LogP contribution in [0.2, 0.25) is 0 Å². The smallest absolute Gasteiger partial charge is 0.273 e. The Labute approximate surface area is 166 Å². The molecule has 2 aromatic carbocycles. The molecule has 8 heteroatoms.